The van der Waals surface area contributed by atoms with Crippen LogP contribution in [0, 0.1) is 0 Å². The van der Waals surface area contributed by atoms with Crippen molar-refractivity contribution in [2.75, 3.05) is 32.0 Å². The van der Waals surface area contributed by atoms with Crippen molar-refractivity contribution < 1.29 is 22.8 Å². The first-order valence-electron chi connectivity index (χ1n) is 11.9. The average Bonchev–Trinajstić information content (AvgIpc) is 3.19. The van der Waals surface area contributed by atoms with Gasteiger partial charge in [0.1, 0.15) is 5.00 Å². The predicted octanol–water partition coefficient (Wildman–Crippen LogP) is 2.58. The topological polar surface area (TPSA) is 128 Å². The fourth-order valence-corrected chi connectivity index (χ4v) is 6.76. The number of fused-ring (bicyclic) bond motifs is 1. The molecule has 0 aliphatic carbocycles. The van der Waals surface area contributed by atoms with E-state index in [-0.39, 0.29) is 10.5 Å². The van der Waals surface area contributed by atoms with Crippen molar-refractivity contribution in [3.8, 4) is 0 Å². The molecule has 1 aromatic heterocycles. The highest BCUT2D eigenvalue weighted by Crippen LogP contribution is 2.37. The number of benzene rings is 1. The molecular weight excluding hydrogens is 502 g/mol. The van der Waals surface area contributed by atoms with Gasteiger partial charge in [-0.05, 0) is 49.7 Å². The number of rotatable bonds is 9. The molecule has 0 fully saturated rings. The summed E-state index contributed by atoms with van der Waals surface area (Å²) < 4.78 is 27.3. The molecule has 36 heavy (non-hydrogen) atoms. The second-order valence-corrected chi connectivity index (χ2v) is 11.7. The van der Waals surface area contributed by atoms with E-state index >= 15 is 0 Å². The maximum absolute atomic E-state index is 13.0. The molecule has 0 atom stereocenters. The lowest BCUT2D eigenvalue weighted by atomic mass is 10.0. The van der Waals surface area contributed by atoms with Crippen LogP contribution in [-0.2, 0) is 27.8 Å². The van der Waals surface area contributed by atoms with Gasteiger partial charge in [0.2, 0.25) is 15.9 Å². The normalized spacial score (nSPS) is 13.8. The molecule has 2 aromatic rings. The Morgan fingerprint density at radius 2 is 1.78 bits per heavy atom. The van der Waals surface area contributed by atoms with Crippen LogP contribution in [0.15, 0.2) is 29.2 Å². The van der Waals surface area contributed by atoms with E-state index in [4.69, 9.17) is 0 Å². The minimum atomic E-state index is -3.65. The van der Waals surface area contributed by atoms with Gasteiger partial charge in [0.05, 0.1) is 10.5 Å². The van der Waals surface area contributed by atoms with Crippen molar-refractivity contribution in [1.82, 2.24) is 20.1 Å². The molecule has 0 spiro atoms. The standard InChI is InChI=1S/C24H33N5O5S2/c1-5-7-13-29(6-2)36(33,34)18-10-8-17(9-11-18)22(31)25-24-21(23(32)27-26-16(3)30)19-12-14-28(4)15-20(19)35-24/h8-11H,5-7,12-15H2,1-4H3,(H,25,31)(H,26,30)(H,27,32). The second kappa shape index (κ2) is 12.0. The lowest BCUT2D eigenvalue weighted by Crippen LogP contribution is -2.41. The quantitative estimate of drug-likeness (QED) is 0.424. The zero-order valence-electron chi connectivity index (χ0n) is 21.0. The lowest BCUT2D eigenvalue weighted by molar-refractivity contribution is -0.119. The Bertz CT molecular complexity index is 1220. The molecule has 3 N–H and O–H groups in total. The molecule has 0 saturated heterocycles. The van der Waals surface area contributed by atoms with E-state index in [1.807, 2.05) is 14.0 Å². The molecule has 1 aromatic carbocycles. The van der Waals surface area contributed by atoms with Crippen molar-refractivity contribution >= 4 is 44.1 Å². The van der Waals surface area contributed by atoms with E-state index in [0.717, 1.165) is 29.8 Å². The summed E-state index contributed by atoms with van der Waals surface area (Å²) in [4.78, 5) is 40.4. The predicted molar refractivity (Wildman–Crippen MR) is 139 cm³/mol. The third kappa shape index (κ3) is 6.30. The molecule has 12 heteroatoms. The third-order valence-corrected chi connectivity index (χ3v) is 9.04. The molecule has 0 radical (unpaired) electrons. The van der Waals surface area contributed by atoms with Gasteiger partial charge in [0.25, 0.3) is 11.8 Å². The number of thiophene rings is 1. The Balaban J connectivity index is 1.84. The third-order valence-electron chi connectivity index (χ3n) is 5.92. The van der Waals surface area contributed by atoms with E-state index in [0.29, 0.717) is 36.6 Å². The van der Waals surface area contributed by atoms with E-state index < -0.39 is 27.7 Å². The number of carbonyl (C=O) groups excluding carboxylic acids is 3. The van der Waals surface area contributed by atoms with Crippen molar-refractivity contribution in [3.05, 3.63) is 45.8 Å². The number of hydrazine groups is 1. The minimum absolute atomic E-state index is 0.127. The zero-order chi connectivity index (χ0) is 26.5. The van der Waals surface area contributed by atoms with Gasteiger partial charge in [-0.15, -0.1) is 11.3 Å². The second-order valence-electron chi connectivity index (χ2n) is 8.66. The average molecular weight is 536 g/mol. The molecule has 1 aliphatic heterocycles. The molecular formula is C24H33N5O5S2. The maximum atomic E-state index is 13.0. The summed E-state index contributed by atoms with van der Waals surface area (Å²) >= 11 is 1.32. The van der Waals surface area contributed by atoms with E-state index in [1.165, 1.54) is 46.8 Å². The van der Waals surface area contributed by atoms with E-state index in [9.17, 15) is 22.8 Å². The summed E-state index contributed by atoms with van der Waals surface area (Å²) in [5, 5.41) is 3.20. The van der Waals surface area contributed by atoms with Gasteiger partial charge in [-0.25, -0.2) is 8.42 Å². The zero-order valence-corrected chi connectivity index (χ0v) is 22.6. The maximum Gasteiger partial charge on any atom is 0.272 e. The number of nitrogens with one attached hydrogen (secondary N) is 3. The van der Waals surface area contributed by atoms with Gasteiger partial charge in [-0.3, -0.25) is 25.2 Å². The Kier molecular flexibility index (Phi) is 9.23. The summed E-state index contributed by atoms with van der Waals surface area (Å²) in [7, 11) is -1.67. The van der Waals surface area contributed by atoms with Crippen LogP contribution in [0.25, 0.3) is 0 Å². The molecule has 3 amide bonds. The van der Waals surface area contributed by atoms with E-state index in [1.54, 1.807) is 6.92 Å². The highest BCUT2D eigenvalue weighted by atomic mass is 32.2. The minimum Gasteiger partial charge on any atom is -0.313 e. The smallest absolute Gasteiger partial charge is 0.272 e. The number of amides is 3. The molecule has 196 valence electrons. The van der Waals surface area contributed by atoms with Crippen molar-refractivity contribution in [1.29, 1.82) is 0 Å². The first-order chi connectivity index (χ1) is 17.1. The molecule has 1 aliphatic rings. The Hall–Kier alpha value is -2.80. The van der Waals surface area contributed by atoms with Crippen LogP contribution in [0.3, 0.4) is 0 Å². The molecule has 2 heterocycles. The summed E-state index contributed by atoms with van der Waals surface area (Å²) in [5.41, 5.74) is 6.13. The fourth-order valence-electron chi connectivity index (χ4n) is 3.95. The number of nitrogens with zero attached hydrogens (tertiary/aromatic N) is 2. The van der Waals surface area contributed by atoms with Gasteiger partial charge >= 0.3 is 0 Å². The van der Waals surface area contributed by atoms with Gasteiger partial charge < -0.3 is 10.2 Å². The highest BCUT2D eigenvalue weighted by Gasteiger charge is 2.28. The number of sulfonamides is 1. The summed E-state index contributed by atoms with van der Waals surface area (Å²) in [6.45, 7) is 7.31. The monoisotopic (exact) mass is 535 g/mol. The van der Waals surface area contributed by atoms with Crippen LogP contribution >= 0.6 is 11.3 Å². The van der Waals surface area contributed by atoms with Crippen LogP contribution in [0.5, 0.6) is 0 Å². The van der Waals surface area contributed by atoms with Crippen molar-refractivity contribution in [3.63, 3.8) is 0 Å². The molecule has 10 nitrogen and oxygen atoms in total. The summed E-state index contributed by atoms with van der Waals surface area (Å²) in [5.74, 6) is -1.38. The Morgan fingerprint density at radius 1 is 1.08 bits per heavy atom. The van der Waals surface area contributed by atoms with Gasteiger partial charge in [-0.1, -0.05) is 20.3 Å². The summed E-state index contributed by atoms with van der Waals surface area (Å²) in [6.07, 6.45) is 2.30. The number of carbonyl (C=O) groups is 3. The Labute approximate surface area is 216 Å². The van der Waals surface area contributed by atoms with Crippen LogP contribution in [0.4, 0.5) is 5.00 Å². The first-order valence-corrected chi connectivity index (χ1v) is 14.2. The molecule has 3 rings (SSSR count). The molecule has 0 unspecified atom stereocenters. The number of hydrogen-bond donors (Lipinski definition) is 3. The largest absolute Gasteiger partial charge is 0.313 e. The number of anilines is 1. The first kappa shape index (κ1) is 27.8. The van der Waals surface area contributed by atoms with Gasteiger partial charge in [0, 0.05) is 43.5 Å². The van der Waals surface area contributed by atoms with Gasteiger partial charge in [0.15, 0.2) is 0 Å². The van der Waals surface area contributed by atoms with Crippen molar-refractivity contribution in [2.24, 2.45) is 0 Å². The highest BCUT2D eigenvalue weighted by molar-refractivity contribution is 7.89. The van der Waals surface area contributed by atoms with Gasteiger partial charge in [-0.2, -0.15) is 4.31 Å². The number of likely N-dealkylation sites (N-methyl/N-ethyl adjacent to an activating group) is 1. The SMILES string of the molecule is CCCCN(CC)S(=O)(=O)c1ccc(C(=O)Nc2sc3c(c2C(=O)NNC(C)=O)CCN(C)C3)cc1. The molecule has 0 bridgehead atoms. The van der Waals surface area contributed by atoms with Crippen LogP contribution in [-0.4, -0.2) is 62.0 Å². The van der Waals surface area contributed by atoms with Crippen LogP contribution in [0.2, 0.25) is 0 Å². The summed E-state index contributed by atoms with van der Waals surface area (Å²) in [6, 6.07) is 5.79. The fraction of sp³-hybridized carbons (Fsp3) is 0.458. The van der Waals surface area contributed by atoms with Crippen LogP contribution < -0.4 is 16.2 Å². The lowest BCUT2D eigenvalue weighted by Gasteiger charge is -2.22. The van der Waals surface area contributed by atoms with Crippen LogP contribution in [0.1, 0.15) is 64.8 Å². The molecule has 0 saturated carbocycles. The van der Waals surface area contributed by atoms with Crippen molar-refractivity contribution in [2.45, 2.75) is 51.5 Å². The number of unbranched alkanes of at least 4 members (excludes halogenated alkanes) is 1. The number of hydrogen-bond acceptors (Lipinski definition) is 7. The van der Waals surface area contributed by atoms with E-state index in [2.05, 4.69) is 21.1 Å². The Morgan fingerprint density at radius 3 is 2.39 bits per heavy atom.